The second kappa shape index (κ2) is 16.5. The van der Waals surface area contributed by atoms with Crippen molar-refractivity contribution in [2.24, 2.45) is 0 Å². The summed E-state index contributed by atoms with van der Waals surface area (Å²) in [5.41, 5.74) is 0. The number of nitrogens with one attached hydrogen (secondary N) is 1. The van der Waals surface area contributed by atoms with E-state index in [-0.39, 0.29) is 12.4 Å². The molecule has 0 saturated heterocycles. The molecule has 0 atom stereocenters. The van der Waals surface area contributed by atoms with E-state index < -0.39 is 0 Å². The fraction of sp³-hybridized carbons (Fsp3) is 0.875. The maximum Gasteiger partial charge on any atom is 0.129 e. The van der Waals surface area contributed by atoms with Gasteiger partial charge in [-0.1, -0.05) is 13.3 Å². The van der Waals surface area contributed by atoms with Crippen LogP contribution in [0, 0.1) is 0 Å². The van der Waals surface area contributed by atoms with Crippen molar-refractivity contribution in [3.8, 4) is 0 Å². The molecule has 0 aromatic heterocycles. The monoisotopic (exact) mass is 181 g/mol. The summed E-state index contributed by atoms with van der Waals surface area (Å²) in [6, 6.07) is 0. The molecule has 0 aliphatic heterocycles. The van der Waals surface area contributed by atoms with Crippen LogP contribution < -0.4 is 5.32 Å². The largest absolute Gasteiger partial charge is 0.323 e. The lowest BCUT2D eigenvalue weighted by Crippen LogP contribution is -1.89. The molecule has 0 heterocycles. The van der Waals surface area contributed by atoms with E-state index in [2.05, 4.69) is 12.2 Å². The molecule has 3 heteroatoms. The van der Waals surface area contributed by atoms with E-state index in [9.17, 15) is 4.79 Å². The molecule has 0 rings (SSSR count). The zero-order valence-corrected chi connectivity index (χ0v) is 8.75. The molecule has 70 valence electrons. The minimum Gasteiger partial charge on any atom is -0.323 e. The molecule has 0 aromatic rings. The molecule has 0 saturated carbocycles. The van der Waals surface area contributed by atoms with Crippen LogP contribution in [0.15, 0.2) is 0 Å². The Hall–Kier alpha value is -0.0800. The van der Waals surface area contributed by atoms with Crippen LogP contribution in [0.25, 0.3) is 0 Å². The third-order valence-corrected chi connectivity index (χ3v) is 0.882. The maximum absolute atomic E-state index is 10.2. The van der Waals surface area contributed by atoms with E-state index in [1.54, 1.807) is 6.92 Å². The molecular formula is C8H20ClNO. The van der Waals surface area contributed by atoms with Crippen LogP contribution in [0.5, 0.6) is 0 Å². The average molecular weight is 182 g/mol. The zero-order valence-electron chi connectivity index (χ0n) is 7.94. The lowest BCUT2D eigenvalue weighted by atomic mass is 10.2. The normalized spacial score (nSPS) is 7.27. The van der Waals surface area contributed by atoms with E-state index in [1.807, 2.05) is 14.1 Å². The van der Waals surface area contributed by atoms with Crippen molar-refractivity contribution in [1.82, 2.24) is 5.32 Å². The molecule has 0 bridgehead atoms. The quantitative estimate of drug-likeness (QED) is 0.722. The second-order valence-electron chi connectivity index (χ2n) is 2.31. The molecule has 0 amide bonds. The zero-order chi connectivity index (χ0) is 8.41. The smallest absolute Gasteiger partial charge is 0.129 e. The van der Waals surface area contributed by atoms with Crippen molar-refractivity contribution in [2.45, 2.75) is 33.1 Å². The van der Waals surface area contributed by atoms with Gasteiger partial charge in [-0.05, 0) is 27.4 Å². The Labute approximate surface area is 76.2 Å². The predicted molar refractivity (Wildman–Crippen MR) is 52.4 cm³/mol. The van der Waals surface area contributed by atoms with Crippen molar-refractivity contribution < 1.29 is 4.79 Å². The van der Waals surface area contributed by atoms with Gasteiger partial charge < -0.3 is 10.1 Å². The first-order chi connectivity index (χ1) is 4.68. The molecule has 0 spiro atoms. The van der Waals surface area contributed by atoms with Crippen molar-refractivity contribution >= 4 is 18.2 Å². The van der Waals surface area contributed by atoms with Crippen LogP contribution in [0.2, 0.25) is 0 Å². The summed E-state index contributed by atoms with van der Waals surface area (Å²) in [4.78, 5) is 10.2. The summed E-state index contributed by atoms with van der Waals surface area (Å²) in [5, 5.41) is 2.75. The van der Waals surface area contributed by atoms with E-state index >= 15 is 0 Å². The van der Waals surface area contributed by atoms with Gasteiger partial charge in [-0.15, -0.1) is 12.4 Å². The van der Waals surface area contributed by atoms with Crippen molar-refractivity contribution in [2.75, 3.05) is 14.1 Å². The molecule has 0 aliphatic carbocycles. The average Bonchev–Trinajstić information content (AvgIpc) is 1.85. The topological polar surface area (TPSA) is 29.1 Å². The van der Waals surface area contributed by atoms with Gasteiger partial charge in [-0.25, -0.2) is 0 Å². The van der Waals surface area contributed by atoms with Gasteiger partial charge in [-0.2, -0.15) is 0 Å². The number of unbranched alkanes of at least 4 members (excludes halogenated alkanes) is 1. The lowest BCUT2D eigenvalue weighted by molar-refractivity contribution is -0.117. The van der Waals surface area contributed by atoms with Crippen molar-refractivity contribution in [3.05, 3.63) is 0 Å². The summed E-state index contributed by atoms with van der Waals surface area (Å²) < 4.78 is 0. The lowest BCUT2D eigenvalue weighted by Gasteiger charge is -1.86. The van der Waals surface area contributed by atoms with Gasteiger partial charge in [0, 0.05) is 6.42 Å². The first kappa shape index (κ1) is 17.1. The number of halogens is 1. The van der Waals surface area contributed by atoms with E-state index in [0.717, 1.165) is 19.3 Å². The highest BCUT2D eigenvalue weighted by atomic mass is 35.5. The summed E-state index contributed by atoms with van der Waals surface area (Å²) in [6.45, 7) is 3.72. The molecule has 0 fully saturated rings. The molecule has 2 nitrogen and oxygen atoms in total. The molecule has 11 heavy (non-hydrogen) atoms. The third-order valence-electron chi connectivity index (χ3n) is 0.882. The van der Waals surface area contributed by atoms with Crippen LogP contribution in [0.4, 0.5) is 0 Å². The molecule has 0 aliphatic rings. The Morgan fingerprint density at radius 3 is 1.82 bits per heavy atom. The van der Waals surface area contributed by atoms with Crippen LogP contribution in [0.3, 0.4) is 0 Å². The standard InChI is InChI=1S/C6H12O.C2H7N.ClH/c1-3-4-5-6(2)7;1-3-2;/h3-5H2,1-2H3;3H,1-2H3;1H. The Kier molecular flexibility index (Phi) is 25.7. The number of rotatable bonds is 3. The highest BCUT2D eigenvalue weighted by molar-refractivity contribution is 5.85. The molecule has 0 unspecified atom stereocenters. The van der Waals surface area contributed by atoms with Crippen LogP contribution in [0.1, 0.15) is 33.1 Å². The number of carbonyl (C=O) groups is 1. The fourth-order valence-electron chi connectivity index (χ4n) is 0.426. The van der Waals surface area contributed by atoms with Gasteiger partial charge in [0.1, 0.15) is 5.78 Å². The van der Waals surface area contributed by atoms with Gasteiger partial charge in [0.05, 0.1) is 0 Å². The summed E-state index contributed by atoms with van der Waals surface area (Å²) >= 11 is 0. The predicted octanol–water partition coefficient (Wildman–Crippen LogP) is 2.02. The highest BCUT2D eigenvalue weighted by Gasteiger charge is 1.87. The summed E-state index contributed by atoms with van der Waals surface area (Å²) in [6.07, 6.45) is 2.94. The van der Waals surface area contributed by atoms with Crippen LogP contribution in [-0.2, 0) is 4.79 Å². The number of hydrogen-bond acceptors (Lipinski definition) is 2. The first-order valence-corrected chi connectivity index (χ1v) is 3.76. The van der Waals surface area contributed by atoms with Gasteiger partial charge >= 0.3 is 0 Å². The Morgan fingerprint density at radius 2 is 1.73 bits per heavy atom. The number of Topliss-reactive ketones (excluding diaryl/α,β-unsaturated/α-hetero) is 1. The molecule has 1 N–H and O–H groups in total. The summed E-state index contributed by atoms with van der Waals surface area (Å²) in [5.74, 6) is 0.307. The highest BCUT2D eigenvalue weighted by Crippen LogP contribution is 1.92. The maximum atomic E-state index is 10.2. The van der Waals surface area contributed by atoms with Crippen LogP contribution in [-0.4, -0.2) is 19.9 Å². The number of ketones is 1. The minimum absolute atomic E-state index is 0. The van der Waals surface area contributed by atoms with Gasteiger partial charge in [0.25, 0.3) is 0 Å². The van der Waals surface area contributed by atoms with Crippen molar-refractivity contribution in [1.29, 1.82) is 0 Å². The second-order valence-corrected chi connectivity index (χ2v) is 2.31. The molecule has 0 radical (unpaired) electrons. The van der Waals surface area contributed by atoms with Gasteiger partial charge in [0.15, 0.2) is 0 Å². The van der Waals surface area contributed by atoms with Gasteiger partial charge in [0.2, 0.25) is 0 Å². The Bertz CT molecular complexity index is 76.5. The Morgan fingerprint density at radius 1 is 1.36 bits per heavy atom. The summed E-state index contributed by atoms with van der Waals surface area (Å²) in [7, 11) is 3.75. The van der Waals surface area contributed by atoms with Crippen molar-refractivity contribution in [3.63, 3.8) is 0 Å². The first-order valence-electron chi connectivity index (χ1n) is 3.76. The molecule has 0 aromatic carbocycles. The number of carbonyl (C=O) groups excluding carboxylic acids is 1. The third kappa shape index (κ3) is 40.5. The SMILES string of the molecule is CCCCC(C)=O.CNC.Cl. The number of hydrogen-bond donors (Lipinski definition) is 1. The fourth-order valence-corrected chi connectivity index (χ4v) is 0.426. The van der Waals surface area contributed by atoms with E-state index in [1.165, 1.54) is 0 Å². The van der Waals surface area contributed by atoms with Crippen LogP contribution >= 0.6 is 12.4 Å². The van der Waals surface area contributed by atoms with E-state index in [4.69, 9.17) is 0 Å². The van der Waals surface area contributed by atoms with E-state index in [0.29, 0.717) is 5.78 Å². The Balaban J connectivity index is -0.000000140. The molecular weight excluding hydrogens is 162 g/mol. The minimum atomic E-state index is 0. The van der Waals surface area contributed by atoms with Gasteiger partial charge in [-0.3, -0.25) is 0 Å².